The molecule has 3 atom stereocenters. The van der Waals surface area contributed by atoms with Crippen LogP contribution in [0.5, 0.6) is 0 Å². The lowest BCUT2D eigenvalue weighted by atomic mass is 9.85. The molecule has 0 radical (unpaired) electrons. The normalized spacial score (nSPS) is 29.8. The van der Waals surface area contributed by atoms with Crippen molar-refractivity contribution in [2.24, 2.45) is 11.8 Å². The molecule has 0 amide bonds. The highest BCUT2D eigenvalue weighted by Gasteiger charge is 2.31. The zero-order valence-corrected chi connectivity index (χ0v) is 9.93. The molecule has 0 bridgehead atoms. The van der Waals surface area contributed by atoms with E-state index in [1.54, 1.807) is 0 Å². The molecule has 1 heterocycles. The molecule has 1 aliphatic heterocycles. The predicted molar refractivity (Wildman–Crippen MR) is 66.1 cm³/mol. The molecule has 1 saturated heterocycles. The van der Waals surface area contributed by atoms with Crippen LogP contribution in [0.1, 0.15) is 20.3 Å². The highest BCUT2D eigenvalue weighted by atomic mass is 15.2. The van der Waals surface area contributed by atoms with Crippen molar-refractivity contribution in [1.82, 2.24) is 0 Å². The number of rotatable bonds is 1. The molecule has 2 nitrogen and oxygen atoms in total. The summed E-state index contributed by atoms with van der Waals surface area (Å²) in [6, 6.07) is 12.7. The van der Waals surface area contributed by atoms with Crippen molar-refractivity contribution < 1.29 is 0 Å². The van der Waals surface area contributed by atoms with E-state index in [2.05, 4.69) is 36.9 Å². The molecule has 0 aromatic heterocycles. The van der Waals surface area contributed by atoms with Gasteiger partial charge in [0, 0.05) is 12.2 Å². The van der Waals surface area contributed by atoms with Gasteiger partial charge in [-0.3, -0.25) is 0 Å². The maximum absolute atomic E-state index is 9.29. The van der Waals surface area contributed by atoms with Gasteiger partial charge in [-0.2, -0.15) is 5.26 Å². The second-order valence-electron chi connectivity index (χ2n) is 4.88. The van der Waals surface area contributed by atoms with Crippen molar-refractivity contribution in [2.45, 2.75) is 26.3 Å². The molecule has 0 unspecified atom stereocenters. The lowest BCUT2D eigenvalue weighted by molar-refractivity contribution is 0.319. The maximum Gasteiger partial charge on any atom is 0.119 e. The van der Waals surface area contributed by atoms with Crippen LogP contribution in [0.25, 0.3) is 0 Å². The van der Waals surface area contributed by atoms with Crippen molar-refractivity contribution in [3.8, 4) is 6.07 Å². The number of piperidine rings is 1. The van der Waals surface area contributed by atoms with E-state index in [9.17, 15) is 5.26 Å². The summed E-state index contributed by atoms with van der Waals surface area (Å²) in [6.07, 6.45) is 1.15. The van der Waals surface area contributed by atoms with Gasteiger partial charge >= 0.3 is 0 Å². The minimum Gasteiger partial charge on any atom is -0.355 e. The van der Waals surface area contributed by atoms with E-state index >= 15 is 0 Å². The van der Waals surface area contributed by atoms with Crippen LogP contribution in [0.4, 0.5) is 5.69 Å². The standard InChI is InChI=1S/C14H18N2/c1-11-8-12(2)14(9-15)16(10-11)13-6-4-3-5-7-13/h3-7,11-12,14H,8,10H2,1-2H3/t11-,12+,14+/m1/s1. The average Bonchev–Trinajstić information content (AvgIpc) is 2.29. The molecule has 16 heavy (non-hydrogen) atoms. The van der Waals surface area contributed by atoms with Crippen LogP contribution in [0, 0.1) is 23.2 Å². The third-order valence-corrected chi connectivity index (χ3v) is 3.38. The van der Waals surface area contributed by atoms with Gasteiger partial charge in [-0.05, 0) is 30.4 Å². The van der Waals surface area contributed by atoms with Crippen LogP contribution >= 0.6 is 0 Å². The summed E-state index contributed by atoms with van der Waals surface area (Å²) in [7, 11) is 0. The number of para-hydroxylation sites is 1. The fourth-order valence-corrected chi connectivity index (χ4v) is 2.68. The van der Waals surface area contributed by atoms with Gasteiger partial charge in [0.1, 0.15) is 6.04 Å². The molecule has 1 aromatic rings. The molecule has 2 rings (SSSR count). The number of nitriles is 1. The molecule has 1 aliphatic rings. The fourth-order valence-electron chi connectivity index (χ4n) is 2.68. The lowest BCUT2D eigenvalue weighted by Crippen LogP contribution is -2.46. The Bertz CT molecular complexity index is 379. The van der Waals surface area contributed by atoms with E-state index in [0.29, 0.717) is 11.8 Å². The van der Waals surface area contributed by atoms with Gasteiger partial charge in [0.15, 0.2) is 0 Å². The van der Waals surface area contributed by atoms with Gasteiger partial charge < -0.3 is 4.90 Å². The largest absolute Gasteiger partial charge is 0.355 e. The molecular weight excluding hydrogens is 196 g/mol. The van der Waals surface area contributed by atoms with Gasteiger partial charge in [-0.1, -0.05) is 32.0 Å². The summed E-state index contributed by atoms with van der Waals surface area (Å²) >= 11 is 0. The van der Waals surface area contributed by atoms with Crippen molar-refractivity contribution >= 4 is 5.69 Å². The van der Waals surface area contributed by atoms with Crippen LogP contribution < -0.4 is 4.90 Å². The minimum absolute atomic E-state index is 0.0265. The number of hydrogen-bond acceptors (Lipinski definition) is 2. The smallest absolute Gasteiger partial charge is 0.119 e. The number of hydrogen-bond donors (Lipinski definition) is 0. The molecule has 1 aromatic carbocycles. The highest BCUT2D eigenvalue weighted by molar-refractivity contribution is 5.49. The molecule has 1 fully saturated rings. The summed E-state index contributed by atoms with van der Waals surface area (Å²) in [5, 5.41) is 9.29. The van der Waals surface area contributed by atoms with Gasteiger partial charge in [-0.25, -0.2) is 0 Å². The SMILES string of the molecule is C[C@@H]1C[C@H](C)[C@H](C#N)N(c2ccccc2)C1. The third kappa shape index (κ3) is 2.04. The summed E-state index contributed by atoms with van der Waals surface area (Å²) in [5.41, 5.74) is 1.17. The summed E-state index contributed by atoms with van der Waals surface area (Å²) in [6.45, 7) is 5.44. The van der Waals surface area contributed by atoms with Gasteiger partial charge in [0.25, 0.3) is 0 Å². The van der Waals surface area contributed by atoms with Crippen molar-refractivity contribution in [1.29, 1.82) is 5.26 Å². The Hall–Kier alpha value is -1.49. The Labute approximate surface area is 97.5 Å². The van der Waals surface area contributed by atoms with E-state index in [1.807, 2.05) is 18.2 Å². The van der Waals surface area contributed by atoms with Crippen LogP contribution in [-0.4, -0.2) is 12.6 Å². The average molecular weight is 214 g/mol. The molecule has 0 aliphatic carbocycles. The zero-order valence-electron chi connectivity index (χ0n) is 9.93. The van der Waals surface area contributed by atoms with Crippen molar-refractivity contribution in [2.75, 3.05) is 11.4 Å². The second-order valence-corrected chi connectivity index (χ2v) is 4.88. The van der Waals surface area contributed by atoms with Crippen LogP contribution in [0.2, 0.25) is 0 Å². The fraction of sp³-hybridized carbons (Fsp3) is 0.500. The van der Waals surface area contributed by atoms with E-state index in [-0.39, 0.29) is 6.04 Å². The molecule has 0 spiro atoms. The number of benzene rings is 1. The molecule has 0 saturated carbocycles. The summed E-state index contributed by atoms with van der Waals surface area (Å²) in [5.74, 6) is 1.12. The van der Waals surface area contributed by atoms with Crippen LogP contribution in [0.3, 0.4) is 0 Å². The third-order valence-electron chi connectivity index (χ3n) is 3.38. The first kappa shape index (κ1) is 11.0. The van der Waals surface area contributed by atoms with E-state index in [4.69, 9.17) is 0 Å². The van der Waals surface area contributed by atoms with E-state index in [1.165, 1.54) is 5.69 Å². The van der Waals surface area contributed by atoms with E-state index < -0.39 is 0 Å². The first-order chi connectivity index (χ1) is 7.72. The topological polar surface area (TPSA) is 27.0 Å². The summed E-state index contributed by atoms with van der Waals surface area (Å²) < 4.78 is 0. The molecular formula is C14H18N2. The van der Waals surface area contributed by atoms with Crippen molar-refractivity contribution in [3.63, 3.8) is 0 Å². The molecule has 0 N–H and O–H groups in total. The van der Waals surface area contributed by atoms with Crippen molar-refractivity contribution in [3.05, 3.63) is 30.3 Å². The Balaban J connectivity index is 2.27. The number of nitrogens with zero attached hydrogens (tertiary/aromatic N) is 2. The zero-order chi connectivity index (χ0) is 11.5. The van der Waals surface area contributed by atoms with Gasteiger partial charge in [-0.15, -0.1) is 0 Å². The first-order valence-electron chi connectivity index (χ1n) is 5.93. The molecule has 84 valence electrons. The molecule has 2 heteroatoms. The Morgan fingerprint density at radius 2 is 1.94 bits per heavy atom. The second kappa shape index (κ2) is 4.57. The van der Waals surface area contributed by atoms with E-state index in [0.717, 1.165) is 13.0 Å². The Morgan fingerprint density at radius 1 is 1.25 bits per heavy atom. The van der Waals surface area contributed by atoms with Crippen LogP contribution in [-0.2, 0) is 0 Å². The summed E-state index contributed by atoms with van der Waals surface area (Å²) in [4.78, 5) is 2.25. The maximum atomic E-state index is 9.29. The predicted octanol–water partition coefficient (Wildman–Crippen LogP) is 3.06. The monoisotopic (exact) mass is 214 g/mol. The Kier molecular flexibility index (Phi) is 3.14. The minimum atomic E-state index is 0.0265. The lowest BCUT2D eigenvalue weighted by Gasteiger charge is -2.40. The quantitative estimate of drug-likeness (QED) is 0.718. The van der Waals surface area contributed by atoms with Gasteiger partial charge in [0.2, 0.25) is 0 Å². The van der Waals surface area contributed by atoms with Crippen LogP contribution in [0.15, 0.2) is 30.3 Å². The first-order valence-corrected chi connectivity index (χ1v) is 5.93. The highest BCUT2D eigenvalue weighted by Crippen LogP contribution is 2.30. The number of anilines is 1. The van der Waals surface area contributed by atoms with Gasteiger partial charge in [0.05, 0.1) is 6.07 Å². The Morgan fingerprint density at radius 3 is 2.56 bits per heavy atom.